The summed E-state index contributed by atoms with van der Waals surface area (Å²) in [6.45, 7) is -0.400. The molecule has 1 amide bonds. The third-order valence-electron chi connectivity index (χ3n) is 3.57. The molecule has 0 unspecified atom stereocenters. The fourth-order valence-corrected chi connectivity index (χ4v) is 2.29. The molecule has 0 aromatic heterocycles. The van der Waals surface area contributed by atoms with Gasteiger partial charge in [-0.15, -0.1) is 0 Å². The standard InChI is InChI=1S/C19H21NO6/c1-23-14-8-9-15(17(11-14)25-3)20-18(21)12-26-19(22)10-13-6-4-5-7-16(13)24-2/h4-9,11H,10,12H2,1-3H3,(H,20,21). The smallest absolute Gasteiger partial charge is 0.310 e. The molecule has 0 spiro atoms. The predicted molar refractivity (Wildman–Crippen MR) is 95.8 cm³/mol. The van der Waals surface area contributed by atoms with Crippen LogP contribution in [-0.4, -0.2) is 39.8 Å². The average Bonchev–Trinajstić information content (AvgIpc) is 2.67. The van der Waals surface area contributed by atoms with E-state index in [4.69, 9.17) is 18.9 Å². The third kappa shape index (κ3) is 5.14. The number of anilines is 1. The van der Waals surface area contributed by atoms with Gasteiger partial charge in [-0.1, -0.05) is 18.2 Å². The van der Waals surface area contributed by atoms with Crippen LogP contribution in [0.3, 0.4) is 0 Å². The number of nitrogens with one attached hydrogen (secondary N) is 1. The Morgan fingerprint density at radius 2 is 1.65 bits per heavy atom. The second-order valence-corrected chi connectivity index (χ2v) is 5.26. The van der Waals surface area contributed by atoms with Gasteiger partial charge in [0.1, 0.15) is 17.2 Å². The summed E-state index contributed by atoms with van der Waals surface area (Å²) >= 11 is 0. The van der Waals surface area contributed by atoms with Gasteiger partial charge in [0.05, 0.1) is 33.4 Å². The number of hydrogen-bond donors (Lipinski definition) is 1. The van der Waals surface area contributed by atoms with E-state index in [9.17, 15) is 9.59 Å². The molecule has 2 rings (SSSR count). The van der Waals surface area contributed by atoms with Gasteiger partial charge in [0, 0.05) is 11.6 Å². The van der Waals surface area contributed by atoms with Crippen LogP contribution in [-0.2, 0) is 20.7 Å². The van der Waals surface area contributed by atoms with Gasteiger partial charge in [-0.2, -0.15) is 0 Å². The second-order valence-electron chi connectivity index (χ2n) is 5.26. The summed E-state index contributed by atoms with van der Waals surface area (Å²) in [7, 11) is 4.55. The fraction of sp³-hybridized carbons (Fsp3) is 0.263. The Morgan fingerprint density at radius 3 is 2.35 bits per heavy atom. The maximum atomic E-state index is 12.0. The van der Waals surface area contributed by atoms with E-state index in [2.05, 4.69) is 5.32 Å². The lowest BCUT2D eigenvalue weighted by atomic mass is 10.1. The second kappa shape index (κ2) is 9.31. The van der Waals surface area contributed by atoms with Crippen molar-refractivity contribution >= 4 is 17.6 Å². The molecule has 0 atom stereocenters. The summed E-state index contributed by atoms with van der Waals surface area (Å²) in [5.74, 6) is 0.645. The number of rotatable bonds is 8. The first kappa shape index (κ1) is 19.1. The molecule has 0 heterocycles. The molecule has 2 aromatic carbocycles. The highest BCUT2D eigenvalue weighted by atomic mass is 16.5. The highest BCUT2D eigenvalue weighted by molar-refractivity contribution is 5.94. The number of carbonyl (C=O) groups is 2. The molecule has 2 aromatic rings. The number of esters is 1. The monoisotopic (exact) mass is 359 g/mol. The van der Waals surface area contributed by atoms with E-state index in [0.717, 1.165) is 0 Å². The molecule has 7 heteroatoms. The van der Waals surface area contributed by atoms with E-state index in [1.807, 2.05) is 6.07 Å². The predicted octanol–water partition coefficient (Wildman–Crippen LogP) is 2.44. The molecule has 138 valence electrons. The molecule has 0 fully saturated rings. The number of methoxy groups -OCH3 is 3. The number of ether oxygens (including phenoxy) is 4. The summed E-state index contributed by atoms with van der Waals surface area (Å²) in [4.78, 5) is 24.0. The molecule has 7 nitrogen and oxygen atoms in total. The fourth-order valence-electron chi connectivity index (χ4n) is 2.29. The Bertz CT molecular complexity index is 774. The third-order valence-corrected chi connectivity index (χ3v) is 3.57. The first-order valence-corrected chi connectivity index (χ1v) is 7.86. The van der Waals surface area contributed by atoms with Crippen LogP contribution in [0, 0.1) is 0 Å². The molecule has 1 N–H and O–H groups in total. The lowest BCUT2D eigenvalue weighted by Crippen LogP contribution is -2.22. The maximum absolute atomic E-state index is 12.0. The van der Waals surface area contributed by atoms with Crippen molar-refractivity contribution in [2.75, 3.05) is 33.3 Å². The van der Waals surface area contributed by atoms with Crippen molar-refractivity contribution in [1.29, 1.82) is 0 Å². The van der Waals surface area contributed by atoms with Crippen LogP contribution in [0.5, 0.6) is 17.2 Å². The van der Waals surface area contributed by atoms with Gasteiger partial charge >= 0.3 is 5.97 Å². The van der Waals surface area contributed by atoms with Gasteiger partial charge in [0.2, 0.25) is 0 Å². The Morgan fingerprint density at radius 1 is 0.923 bits per heavy atom. The lowest BCUT2D eigenvalue weighted by Gasteiger charge is -2.12. The van der Waals surface area contributed by atoms with Crippen LogP contribution < -0.4 is 19.5 Å². The Balaban J connectivity index is 1.89. The van der Waals surface area contributed by atoms with Crippen LogP contribution in [0.1, 0.15) is 5.56 Å². The highest BCUT2D eigenvalue weighted by Gasteiger charge is 2.13. The quantitative estimate of drug-likeness (QED) is 0.729. The van der Waals surface area contributed by atoms with E-state index in [1.165, 1.54) is 21.3 Å². The largest absolute Gasteiger partial charge is 0.497 e. The van der Waals surface area contributed by atoms with E-state index in [-0.39, 0.29) is 6.42 Å². The minimum absolute atomic E-state index is 0.0170. The zero-order valence-corrected chi connectivity index (χ0v) is 14.9. The summed E-state index contributed by atoms with van der Waals surface area (Å²) in [5.41, 5.74) is 1.15. The van der Waals surface area contributed by atoms with E-state index < -0.39 is 18.5 Å². The Hall–Kier alpha value is -3.22. The van der Waals surface area contributed by atoms with Crippen LogP contribution in [0.2, 0.25) is 0 Å². The minimum Gasteiger partial charge on any atom is -0.497 e. The van der Waals surface area contributed by atoms with E-state index in [0.29, 0.717) is 28.5 Å². The van der Waals surface area contributed by atoms with Crippen molar-refractivity contribution in [2.24, 2.45) is 0 Å². The molecule has 0 bridgehead atoms. The summed E-state index contributed by atoms with van der Waals surface area (Å²) in [5, 5.41) is 2.63. The highest BCUT2D eigenvalue weighted by Crippen LogP contribution is 2.28. The first-order chi connectivity index (χ1) is 12.6. The van der Waals surface area contributed by atoms with E-state index >= 15 is 0 Å². The topological polar surface area (TPSA) is 83.1 Å². The normalized spacial score (nSPS) is 9.96. The van der Waals surface area contributed by atoms with Gasteiger partial charge in [0.15, 0.2) is 6.61 Å². The van der Waals surface area contributed by atoms with Gasteiger partial charge in [-0.3, -0.25) is 9.59 Å². The Kier molecular flexibility index (Phi) is 6.84. The van der Waals surface area contributed by atoms with Crippen LogP contribution >= 0.6 is 0 Å². The molecule has 26 heavy (non-hydrogen) atoms. The molecule has 0 radical (unpaired) electrons. The molecule has 0 aliphatic heterocycles. The Labute approximate surface area is 151 Å². The minimum atomic E-state index is -0.522. The average molecular weight is 359 g/mol. The van der Waals surface area contributed by atoms with Crippen molar-refractivity contribution in [2.45, 2.75) is 6.42 Å². The van der Waals surface area contributed by atoms with Crippen molar-refractivity contribution in [3.05, 3.63) is 48.0 Å². The van der Waals surface area contributed by atoms with Crippen molar-refractivity contribution in [3.8, 4) is 17.2 Å². The van der Waals surface area contributed by atoms with Crippen molar-refractivity contribution in [1.82, 2.24) is 0 Å². The number of para-hydroxylation sites is 1. The molecule has 0 aliphatic rings. The van der Waals surface area contributed by atoms with Crippen LogP contribution in [0.4, 0.5) is 5.69 Å². The summed E-state index contributed by atoms with van der Waals surface area (Å²) in [6, 6.07) is 12.1. The SMILES string of the molecule is COc1ccc(NC(=O)COC(=O)Cc2ccccc2OC)c(OC)c1. The maximum Gasteiger partial charge on any atom is 0.310 e. The number of carbonyl (C=O) groups excluding carboxylic acids is 2. The molecule has 0 aliphatic carbocycles. The zero-order valence-electron chi connectivity index (χ0n) is 14.9. The van der Waals surface area contributed by atoms with Gasteiger partial charge < -0.3 is 24.3 Å². The lowest BCUT2D eigenvalue weighted by molar-refractivity contribution is -0.146. The van der Waals surface area contributed by atoms with Crippen molar-refractivity contribution < 1.29 is 28.5 Å². The molecule has 0 saturated heterocycles. The van der Waals surface area contributed by atoms with Gasteiger partial charge in [-0.25, -0.2) is 0 Å². The number of amides is 1. The van der Waals surface area contributed by atoms with Crippen LogP contribution in [0.25, 0.3) is 0 Å². The number of benzene rings is 2. The van der Waals surface area contributed by atoms with Gasteiger partial charge in [-0.05, 0) is 18.2 Å². The van der Waals surface area contributed by atoms with Crippen molar-refractivity contribution in [3.63, 3.8) is 0 Å². The first-order valence-electron chi connectivity index (χ1n) is 7.86. The van der Waals surface area contributed by atoms with Crippen LogP contribution in [0.15, 0.2) is 42.5 Å². The number of hydrogen-bond acceptors (Lipinski definition) is 6. The van der Waals surface area contributed by atoms with E-state index in [1.54, 1.807) is 36.4 Å². The summed E-state index contributed by atoms with van der Waals surface area (Å²) < 4.78 is 20.5. The molecule has 0 saturated carbocycles. The molecular formula is C19H21NO6. The zero-order chi connectivity index (χ0) is 18.9. The van der Waals surface area contributed by atoms with Gasteiger partial charge in [0.25, 0.3) is 5.91 Å². The summed E-state index contributed by atoms with van der Waals surface area (Å²) in [6.07, 6.45) is 0.0170. The molecular weight excluding hydrogens is 338 g/mol.